The minimum Gasteiger partial charge on any atom is -0.356 e. The molecule has 0 aromatic carbocycles. The van der Waals surface area contributed by atoms with E-state index < -0.39 is 0 Å². The first kappa shape index (κ1) is 10.5. The Balaban J connectivity index is 1.93. The van der Waals surface area contributed by atoms with Gasteiger partial charge in [-0.15, -0.1) is 0 Å². The predicted octanol–water partition coefficient (Wildman–Crippen LogP) is 1.42. The monoisotopic (exact) mass is 231 g/mol. The summed E-state index contributed by atoms with van der Waals surface area (Å²) in [5.74, 6) is 3.57. The van der Waals surface area contributed by atoms with Crippen LogP contribution in [0.4, 0.5) is 0 Å². The van der Waals surface area contributed by atoms with Crippen molar-refractivity contribution in [3.05, 3.63) is 0 Å². The van der Waals surface area contributed by atoms with Gasteiger partial charge in [0.05, 0.1) is 0 Å². The Bertz CT molecular complexity index is 200. The summed E-state index contributed by atoms with van der Waals surface area (Å²) in [5.41, 5.74) is 0. The Labute approximate surface area is 93.5 Å². The Morgan fingerprint density at radius 3 is 2.71 bits per heavy atom. The van der Waals surface area contributed by atoms with Gasteiger partial charge >= 0.3 is 0 Å². The van der Waals surface area contributed by atoms with Crippen LogP contribution in [-0.4, -0.2) is 48.5 Å². The number of rotatable bonds is 0. The zero-order valence-corrected chi connectivity index (χ0v) is 10.0. The zero-order valence-electron chi connectivity index (χ0n) is 8.37. The molecule has 2 aliphatic heterocycles. The van der Waals surface area contributed by atoms with Gasteiger partial charge in [0, 0.05) is 37.7 Å². The van der Waals surface area contributed by atoms with E-state index in [1.807, 2.05) is 21.6 Å². The second kappa shape index (κ2) is 5.75. The first-order valence-electron chi connectivity index (χ1n) is 5.24. The molecule has 0 aromatic rings. The van der Waals surface area contributed by atoms with Crippen LogP contribution >= 0.6 is 21.6 Å². The van der Waals surface area contributed by atoms with Gasteiger partial charge in [0.25, 0.3) is 0 Å². The van der Waals surface area contributed by atoms with E-state index in [0.29, 0.717) is 0 Å². The van der Waals surface area contributed by atoms with Crippen molar-refractivity contribution in [3.63, 3.8) is 0 Å². The van der Waals surface area contributed by atoms with Crippen LogP contribution in [0.15, 0.2) is 4.99 Å². The van der Waals surface area contributed by atoms with Crippen molar-refractivity contribution >= 4 is 27.5 Å². The molecule has 0 saturated carbocycles. The van der Waals surface area contributed by atoms with Gasteiger partial charge in [-0.05, 0) is 12.8 Å². The molecule has 0 aromatic heterocycles. The molecule has 1 saturated heterocycles. The van der Waals surface area contributed by atoms with E-state index in [1.165, 1.54) is 24.3 Å². The van der Waals surface area contributed by atoms with Crippen LogP contribution in [0.25, 0.3) is 0 Å². The van der Waals surface area contributed by atoms with Crippen LogP contribution in [0, 0.1) is 0 Å². The third kappa shape index (κ3) is 2.98. The highest BCUT2D eigenvalue weighted by Crippen LogP contribution is 2.23. The lowest BCUT2D eigenvalue weighted by Gasteiger charge is -2.23. The SMILES string of the molecule is C1CCNC(N2CCSSCC2)=NC1. The number of hydrogen-bond acceptors (Lipinski definition) is 5. The van der Waals surface area contributed by atoms with E-state index in [1.54, 1.807) is 0 Å². The second-order valence-electron chi connectivity index (χ2n) is 3.47. The minimum absolute atomic E-state index is 0.999. The molecule has 0 radical (unpaired) electrons. The number of nitrogens with zero attached hydrogens (tertiary/aromatic N) is 2. The molecular formula is C9H17N3S2. The fourth-order valence-electron chi connectivity index (χ4n) is 1.63. The largest absolute Gasteiger partial charge is 0.356 e. The fourth-order valence-corrected chi connectivity index (χ4v) is 3.61. The maximum Gasteiger partial charge on any atom is 0.193 e. The summed E-state index contributed by atoms with van der Waals surface area (Å²) in [6.45, 7) is 4.38. The average molecular weight is 231 g/mol. The molecular weight excluding hydrogens is 214 g/mol. The van der Waals surface area contributed by atoms with Gasteiger partial charge in [-0.3, -0.25) is 4.99 Å². The van der Waals surface area contributed by atoms with Crippen LogP contribution in [0.1, 0.15) is 12.8 Å². The van der Waals surface area contributed by atoms with Crippen molar-refractivity contribution in [2.75, 3.05) is 37.7 Å². The van der Waals surface area contributed by atoms with Crippen LogP contribution in [0.5, 0.6) is 0 Å². The molecule has 0 unspecified atom stereocenters. The fraction of sp³-hybridized carbons (Fsp3) is 0.889. The molecule has 2 aliphatic rings. The summed E-state index contributed by atoms with van der Waals surface area (Å²) in [6, 6.07) is 0. The van der Waals surface area contributed by atoms with E-state index in [9.17, 15) is 0 Å². The standard InChI is InChI=1S/C9H17N3S2/c1-2-4-11-9(10-3-1)12-5-7-13-14-8-6-12/h1-8H2,(H,10,11). The summed E-state index contributed by atoms with van der Waals surface area (Å²) in [7, 11) is 3.96. The molecule has 5 heteroatoms. The van der Waals surface area contributed by atoms with Crippen molar-refractivity contribution in [2.24, 2.45) is 4.99 Å². The molecule has 0 aliphatic carbocycles. The smallest absolute Gasteiger partial charge is 0.193 e. The van der Waals surface area contributed by atoms with E-state index >= 15 is 0 Å². The number of guanidine groups is 1. The lowest BCUT2D eigenvalue weighted by atomic mass is 10.3. The topological polar surface area (TPSA) is 27.6 Å². The van der Waals surface area contributed by atoms with E-state index in [0.717, 1.165) is 32.1 Å². The molecule has 2 rings (SSSR count). The Kier molecular flexibility index (Phi) is 4.31. The van der Waals surface area contributed by atoms with Crippen molar-refractivity contribution in [1.82, 2.24) is 10.2 Å². The van der Waals surface area contributed by atoms with Gasteiger partial charge in [0.15, 0.2) is 5.96 Å². The predicted molar refractivity (Wildman–Crippen MR) is 66.0 cm³/mol. The summed E-state index contributed by atoms with van der Waals surface area (Å²) in [5, 5.41) is 3.44. The molecule has 0 atom stereocenters. The summed E-state index contributed by atoms with van der Waals surface area (Å²) in [4.78, 5) is 7.00. The molecule has 0 spiro atoms. The van der Waals surface area contributed by atoms with Crippen molar-refractivity contribution < 1.29 is 0 Å². The molecule has 1 fully saturated rings. The van der Waals surface area contributed by atoms with Gasteiger partial charge in [-0.2, -0.15) is 0 Å². The Morgan fingerprint density at radius 1 is 1.14 bits per heavy atom. The highest BCUT2D eigenvalue weighted by atomic mass is 33.1. The quantitative estimate of drug-likeness (QED) is 0.638. The molecule has 80 valence electrons. The maximum absolute atomic E-state index is 4.60. The molecule has 14 heavy (non-hydrogen) atoms. The van der Waals surface area contributed by atoms with Gasteiger partial charge in [-0.25, -0.2) is 0 Å². The lowest BCUT2D eigenvalue weighted by molar-refractivity contribution is 0.455. The van der Waals surface area contributed by atoms with Gasteiger partial charge in [-0.1, -0.05) is 21.6 Å². The van der Waals surface area contributed by atoms with Crippen molar-refractivity contribution in [3.8, 4) is 0 Å². The summed E-state index contributed by atoms with van der Waals surface area (Å²) in [6.07, 6.45) is 2.48. The normalized spacial score (nSPS) is 24.6. The van der Waals surface area contributed by atoms with Crippen LogP contribution < -0.4 is 5.32 Å². The summed E-state index contributed by atoms with van der Waals surface area (Å²) < 4.78 is 0. The zero-order chi connectivity index (χ0) is 9.64. The van der Waals surface area contributed by atoms with Crippen LogP contribution in [-0.2, 0) is 0 Å². The first-order valence-corrected chi connectivity index (χ1v) is 7.73. The Morgan fingerprint density at radius 2 is 1.93 bits per heavy atom. The van der Waals surface area contributed by atoms with Gasteiger partial charge < -0.3 is 10.2 Å². The summed E-state index contributed by atoms with van der Waals surface area (Å²) >= 11 is 0. The lowest BCUT2D eigenvalue weighted by Crippen LogP contribution is -2.42. The van der Waals surface area contributed by atoms with E-state index in [4.69, 9.17) is 0 Å². The molecule has 3 nitrogen and oxygen atoms in total. The third-order valence-corrected chi connectivity index (χ3v) is 4.77. The van der Waals surface area contributed by atoms with Crippen LogP contribution in [0.3, 0.4) is 0 Å². The van der Waals surface area contributed by atoms with Crippen molar-refractivity contribution in [1.29, 1.82) is 0 Å². The Hall–Kier alpha value is -0.0300. The minimum atomic E-state index is 0.999. The number of aliphatic imine (C=N–C) groups is 1. The average Bonchev–Trinajstić information content (AvgIpc) is 2.62. The molecule has 2 heterocycles. The highest BCUT2D eigenvalue weighted by molar-refractivity contribution is 8.76. The van der Waals surface area contributed by atoms with E-state index in [2.05, 4.69) is 15.2 Å². The number of hydrogen-bond donors (Lipinski definition) is 1. The van der Waals surface area contributed by atoms with Crippen molar-refractivity contribution in [2.45, 2.75) is 12.8 Å². The van der Waals surface area contributed by atoms with Gasteiger partial charge in [0.1, 0.15) is 0 Å². The molecule has 1 N–H and O–H groups in total. The number of nitrogens with one attached hydrogen (secondary N) is 1. The third-order valence-electron chi connectivity index (χ3n) is 2.40. The molecule has 0 bridgehead atoms. The highest BCUT2D eigenvalue weighted by Gasteiger charge is 2.14. The van der Waals surface area contributed by atoms with Crippen LogP contribution in [0.2, 0.25) is 0 Å². The van der Waals surface area contributed by atoms with Gasteiger partial charge in [0.2, 0.25) is 0 Å². The first-order chi connectivity index (χ1) is 6.97. The molecule has 0 amide bonds. The van der Waals surface area contributed by atoms with E-state index in [-0.39, 0.29) is 0 Å². The second-order valence-corrected chi connectivity index (χ2v) is 6.17. The maximum atomic E-state index is 4.60.